The number of aromatic nitrogens is 1. The van der Waals surface area contributed by atoms with Crippen LogP contribution >= 0.6 is 11.6 Å². The average Bonchev–Trinajstić information content (AvgIpc) is 2.34. The van der Waals surface area contributed by atoms with E-state index in [4.69, 9.17) is 22.4 Å². The van der Waals surface area contributed by atoms with E-state index in [2.05, 4.69) is 9.68 Å². The molecular weight excluding hydrogens is 172 g/mol. The summed E-state index contributed by atoms with van der Waals surface area (Å²) in [5, 5.41) is 11.8. The van der Waals surface area contributed by atoms with Gasteiger partial charge in [-0.3, -0.25) is 4.79 Å². The molecule has 1 aromatic heterocycles. The third-order valence-electron chi connectivity index (χ3n) is 1.07. The third kappa shape index (κ3) is 1.69. The lowest BCUT2D eigenvalue weighted by atomic mass is 10.2. The molecule has 0 bridgehead atoms. The lowest BCUT2D eigenvalue weighted by Gasteiger charge is -1.97. The number of halogens is 1. The molecule has 0 spiro atoms. The second-order valence-electron chi connectivity index (χ2n) is 1.87. The molecule has 1 rings (SSSR count). The molecule has 0 saturated carbocycles. The van der Waals surface area contributed by atoms with Crippen LogP contribution in [-0.4, -0.2) is 16.2 Å². The van der Waals surface area contributed by atoms with Gasteiger partial charge in [0.05, 0.1) is 0 Å². The van der Waals surface area contributed by atoms with Gasteiger partial charge in [-0.05, 0) is 0 Å². The van der Waals surface area contributed by atoms with Crippen molar-refractivity contribution in [3.05, 3.63) is 17.0 Å². The zero-order chi connectivity index (χ0) is 8.43. The number of rotatable bonds is 2. The molecule has 1 heterocycles. The monoisotopic (exact) mass is 176 g/mol. The molecule has 0 aliphatic carbocycles. The Hall–Kier alpha value is -1.07. The largest absolute Gasteiger partial charge is 0.480 e. The van der Waals surface area contributed by atoms with Crippen LogP contribution in [0.2, 0.25) is 5.15 Å². The van der Waals surface area contributed by atoms with Crippen molar-refractivity contribution in [2.24, 2.45) is 5.73 Å². The van der Waals surface area contributed by atoms with Gasteiger partial charge in [-0.2, -0.15) is 0 Å². The van der Waals surface area contributed by atoms with Crippen molar-refractivity contribution < 1.29 is 14.4 Å². The molecule has 0 radical (unpaired) electrons. The summed E-state index contributed by atoms with van der Waals surface area (Å²) >= 11 is 5.36. The molecule has 11 heavy (non-hydrogen) atoms. The minimum atomic E-state index is -1.20. The maximum Gasteiger partial charge on any atom is 0.328 e. The molecule has 0 fully saturated rings. The fourth-order valence-corrected chi connectivity index (χ4v) is 0.677. The number of carboxylic acids is 1. The summed E-state index contributed by atoms with van der Waals surface area (Å²) < 4.78 is 4.50. The first-order valence-electron chi connectivity index (χ1n) is 2.72. The number of aliphatic carboxylic acids is 1. The quantitative estimate of drug-likeness (QED) is 0.681. The molecule has 1 aromatic rings. The number of carboxylic acid groups (broad SMARTS) is 1. The first-order valence-corrected chi connectivity index (χ1v) is 3.09. The van der Waals surface area contributed by atoms with Crippen LogP contribution in [0.5, 0.6) is 0 Å². The van der Waals surface area contributed by atoms with Crippen LogP contribution in [0.1, 0.15) is 11.8 Å². The van der Waals surface area contributed by atoms with E-state index < -0.39 is 12.0 Å². The normalized spacial score (nSPS) is 12.9. The van der Waals surface area contributed by atoms with Crippen LogP contribution in [0, 0.1) is 0 Å². The van der Waals surface area contributed by atoms with Crippen LogP contribution in [0.25, 0.3) is 0 Å². The average molecular weight is 177 g/mol. The minimum Gasteiger partial charge on any atom is -0.480 e. The van der Waals surface area contributed by atoms with Crippen molar-refractivity contribution in [1.82, 2.24) is 5.16 Å². The lowest BCUT2D eigenvalue weighted by molar-refractivity contribution is -0.139. The summed E-state index contributed by atoms with van der Waals surface area (Å²) in [6, 6.07) is 0.0652. The highest BCUT2D eigenvalue weighted by molar-refractivity contribution is 6.29. The first-order chi connectivity index (χ1) is 5.11. The molecule has 0 aliphatic rings. The van der Waals surface area contributed by atoms with E-state index in [-0.39, 0.29) is 10.9 Å². The van der Waals surface area contributed by atoms with Gasteiger partial charge >= 0.3 is 5.97 Å². The highest BCUT2D eigenvalue weighted by Crippen LogP contribution is 2.14. The van der Waals surface area contributed by atoms with Crippen molar-refractivity contribution in [3.63, 3.8) is 0 Å². The van der Waals surface area contributed by atoms with E-state index in [1.165, 1.54) is 6.07 Å². The van der Waals surface area contributed by atoms with E-state index >= 15 is 0 Å². The Bertz CT molecular complexity index is 272. The van der Waals surface area contributed by atoms with Gasteiger partial charge < -0.3 is 15.4 Å². The van der Waals surface area contributed by atoms with Gasteiger partial charge in [-0.1, -0.05) is 16.8 Å². The molecule has 1 atom stereocenters. The molecule has 5 nitrogen and oxygen atoms in total. The Kier molecular flexibility index (Phi) is 2.11. The summed E-state index contributed by atoms with van der Waals surface area (Å²) in [7, 11) is 0. The second-order valence-corrected chi connectivity index (χ2v) is 2.26. The van der Waals surface area contributed by atoms with Crippen LogP contribution < -0.4 is 5.73 Å². The number of nitrogens with zero attached hydrogens (tertiary/aromatic N) is 1. The van der Waals surface area contributed by atoms with Gasteiger partial charge in [-0.25, -0.2) is 0 Å². The van der Waals surface area contributed by atoms with Gasteiger partial charge in [-0.15, -0.1) is 0 Å². The van der Waals surface area contributed by atoms with E-state index in [1.807, 2.05) is 0 Å². The van der Waals surface area contributed by atoms with Crippen molar-refractivity contribution in [2.45, 2.75) is 6.04 Å². The highest BCUT2D eigenvalue weighted by Gasteiger charge is 2.18. The number of carbonyl (C=O) groups is 1. The van der Waals surface area contributed by atoms with Crippen LogP contribution in [0.3, 0.4) is 0 Å². The molecule has 0 amide bonds. The Morgan fingerprint density at radius 3 is 2.91 bits per heavy atom. The van der Waals surface area contributed by atoms with Crippen LogP contribution in [0.4, 0.5) is 0 Å². The van der Waals surface area contributed by atoms with Gasteiger partial charge in [0.15, 0.2) is 17.0 Å². The zero-order valence-corrected chi connectivity index (χ0v) is 6.08. The zero-order valence-electron chi connectivity index (χ0n) is 5.32. The molecule has 6 heteroatoms. The first kappa shape index (κ1) is 8.03. The van der Waals surface area contributed by atoms with E-state index in [0.29, 0.717) is 0 Å². The molecule has 1 unspecified atom stereocenters. The standard InChI is InChI=1S/C5H5ClN2O3/c6-3-1-2(11-8-3)4(7)5(9)10/h1,4H,7H2,(H,9,10). The van der Waals surface area contributed by atoms with Crippen LogP contribution in [0.15, 0.2) is 10.6 Å². The summed E-state index contributed by atoms with van der Waals surface area (Å²) in [6.45, 7) is 0. The van der Waals surface area contributed by atoms with E-state index in [0.717, 1.165) is 0 Å². The SMILES string of the molecule is NC(C(=O)O)c1cc(Cl)no1. The topological polar surface area (TPSA) is 89.4 Å². The van der Waals surface area contributed by atoms with Crippen molar-refractivity contribution >= 4 is 17.6 Å². The number of hydrogen-bond acceptors (Lipinski definition) is 4. The molecule has 0 aliphatic heterocycles. The van der Waals surface area contributed by atoms with Crippen molar-refractivity contribution in [1.29, 1.82) is 0 Å². The second kappa shape index (κ2) is 2.89. The summed E-state index contributed by atoms with van der Waals surface area (Å²) in [5.74, 6) is -1.14. The summed E-state index contributed by atoms with van der Waals surface area (Å²) in [5.41, 5.74) is 5.16. The Balaban J connectivity index is 2.84. The molecule has 0 saturated heterocycles. The maximum absolute atomic E-state index is 10.3. The van der Waals surface area contributed by atoms with Crippen molar-refractivity contribution in [2.75, 3.05) is 0 Å². The maximum atomic E-state index is 10.3. The van der Waals surface area contributed by atoms with Gasteiger partial charge in [0.1, 0.15) is 0 Å². The van der Waals surface area contributed by atoms with E-state index in [1.54, 1.807) is 0 Å². The fraction of sp³-hybridized carbons (Fsp3) is 0.200. The third-order valence-corrected chi connectivity index (χ3v) is 1.25. The fourth-order valence-electron chi connectivity index (χ4n) is 0.535. The minimum absolute atomic E-state index is 0.0440. The Morgan fingerprint density at radius 1 is 1.91 bits per heavy atom. The molecule has 60 valence electrons. The van der Waals surface area contributed by atoms with Crippen LogP contribution in [-0.2, 0) is 4.79 Å². The van der Waals surface area contributed by atoms with Gasteiger partial charge in [0.2, 0.25) is 0 Å². The van der Waals surface area contributed by atoms with Crippen molar-refractivity contribution in [3.8, 4) is 0 Å². The summed E-state index contributed by atoms with van der Waals surface area (Å²) in [6.07, 6.45) is 0. The summed E-state index contributed by atoms with van der Waals surface area (Å²) in [4.78, 5) is 10.3. The predicted octanol–water partition coefficient (Wildman–Crippen LogP) is 0.412. The molecule has 0 aromatic carbocycles. The van der Waals surface area contributed by atoms with E-state index in [9.17, 15) is 4.79 Å². The smallest absolute Gasteiger partial charge is 0.328 e. The molecular formula is C5H5ClN2O3. The Morgan fingerprint density at radius 2 is 2.55 bits per heavy atom. The number of nitrogens with two attached hydrogens (primary N) is 1. The lowest BCUT2D eigenvalue weighted by Crippen LogP contribution is -2.19. The number of hydrogen-bond donors (Lipinski definition) is 2. The molecule has 3 N–H and O–H groups in total. The Labute approximate surface area is 66.7 Å². The van der Waals surface area contributed by atoms with Gasteiger partial charge in [0, 0.05) is 6.07 Å². The highest BCUT2D eigenvalue weighted by atomic mass is 35.5. The predicted molar refractivity (Wildman–Crippen MR) is 36.1 cm³/mol. The van der Waals surface area contributed by atoms with Gasteiger partial charge in [0.25, 0.3) is 0 Å².